The Balaban J connectivity index is 1.45. The Bertz CT molecular complexity index is 1200. The predicted molar refractivity (Wildman–Crippen MR) is 128 cm³/mol. The lowest BCUT2D eigenvalue weighted by molar-refractivity contribution is 0.0549. The van der Waals surface area contributed by atoms with Gasteiger partial charge in [-0.1, -0.05) is 49.7 Å². The summed E-state index contributed by atoms with van der Waals surface area (Å²) in [5.41, 5.74) is 5.32. The molecule has 0 saturated carbocycles. The van der Waals surface area contributed by atoms with Crippen molar-refractivity contribution in [3.63, 3.8) is 0 Å². The molecule has 0 aliphatic carbocycles. The first-order valence-corrected chi connectivity index (χ1v) is 11.7. The van der Waals surface area contributed by atoms with E-state index in [9.17, 15) is 9.59 Å². The zero-order valence-corrected chi connectivity index (χ0v) is 19.7. The van der Waals surface area contributed by atoms with Gasteiger partial charge in [-0.2, -0.15) is 5.10 Å². The minimum absolute atomic E-state index is 0.00433. The Morgan fingerprint density at radius 1 is 1.03 bits per heavy atom. The van der Waals surface area contributed by atoms with E-state index in [4.69, 9.17) is 5.10 Å². The number of amides is 2. The SMILES string of the molecule is Cc1ccc(C(=O)N2CCC(N3C(=O)c4c(c(C)nn4-c4ccccc4)C3C(C)C)C2)cc1. The van der Waals surface area contributed by atoms with Crippen molar-refractivity contribution in [2.24, 2.45) is 5.92 Å². The zero-order chi connectivity index (χ0) is 23.3. The summed E-state index contributed by atoms with van der Waals surface area (Å²) in [6.07, 6.45) is 0.786. The summed E-state index contributed by atoms with van der Waals surface area (Å²) in [6, 6.07) is 17.5. The number of nitrogens with zero attached hydrogens (tertiary/aromatic N) is 4. The van der Waals surface area contributed by atoms with E-state index in [1.54, 1.807) is 4.68 Å². The third-order valence-corrected chi connectivity index (χ3v) is 6.91. The maximum atomic E-state index is 13.9. The van der Waals surface area contributed by atoms with Crippen molar-refractivity contribution in [2.45, 2.75) is 46.2 Å². The molecule has 0 spiro atoms. The number of rotatable bonds is 4. The highest BCUT2D eigenvalue weighted by atomic mass is 16.2. The summed E-state index contributed by atoms with van der Waals surface area (Å²) in [4.78, 5) is 30.9. The van der Waals surface area contributed by atoms with E-state index in [-0.39, 0.29) is 29.8 Å². The van der Waals surface area contributed by atoms with E-state index in [0.29, 0.717) is 24.3 Å². The van der Waals surface area contributed by atoms with Crippen LogP contribution in [0.2, 0.25) is 0 Å². The molecule has 0 bridgehead atoms. The van der Waals surface area contributed by atoms with Crippen LogP contribution in [-0.4, -0.2) is 50.5 Å². The molecule has 6 heteroatoms. The number of hydrogen-bond acceptors (Lipinski definition) is 3. The quantitative estimate of drug-likeness (QED) is 0.595. The van der Waals surface area contributed by atoms with Crippen LogP contribution < -0.4 is 0 Å². The Hall–Kier alpha value is -3.41. The standard InChI is InChI=1S/C27H30N4O2/c1-17(2)24-23-19(4)28-31(21-8-6-5-7-9-21)25(23)27(33)30(24)22-14-15-29(16-22)26(32)20-12-10-18(3)11-13-20/h5-13,17,22,24H,14-16H2,1-4H3. The summed E-state index contributed by atoms with van der Waals surface area (Å²) in [6.45, 7) is 9.54. The highest BCUT2D eigenvalue weighted by Crippen LogP contribution is 2.43. The monoisotopic (exact) mass is 442 g/mol. The Labute approximate surface area is 194 Å². The van der Waals surface area contributed by atoms with Crippen molar-refractivity contribution in [3.05, 3.63) is 82.7 Å². The molecule has 5 rings (SSSR count). The molecule has 33 heavy (non-hydrogen) atoms. The third kappa shape index (κ3) is 3.54. The number of carbonyl (C=O) groups is 2. The van der Waals surface area contributed by atoms with Crippen molar-refractivity contribution in [3.8, 4) is 5.69 Å². The van der Waals surface area contributed by atoms with Crippen molar-refractivity contribution in [1.29, 1.82) is 0 Å². The highest BCUT2D eigenvalue weighted by molar-refractivity contribution is 5.99. The summed E-state index contributed by atoms with van der Waals surface area (Å²) >= 11 is 0. The molecule has 2 aliphatic rings. The predicted octanol–water partition coefficient (Wildman–Crippen LogP) is 4.56. The van der Waals surface area contributed by atoms with Crippen molar-refractivity contribution < 1.29 is 9.59 Å². The third-order valence-electron chi connectivity index (χ3n) is 6.91. The van der Waals surface area contributed by atoms with Gasteiger partial charge in [0.2, 0.25) is 0 Å². The molecule has 2 aromatic carbocycles. The number of carbonyl (C=O) groups excluding carboxylic acids is 2. The first-order chi connectivity index (χ1) is 15.9. The number of aryl methyl sites for hydroxylation is 2. The van der Waals surface area contributed by atoms with Gasteiger partial charge in [0.25, 0.3) is 11.8 Å². The molecule has 2 unspecified atom stereocenters. The van der Waals surface area contributed by atoms with E-state index >= 15 is 0 Å². The number of para-hydroxylation sites is 1. The summed E-state index contributed by atoms with van der Waals surface area (Å²) in [5.74, 6) is 0.293. The number of likely N-dealkylation sites (tertiary alicyclic amines) is 1. The van der Waals surface area contributed by atoms with Gasteiger partial charge >= 0.3 is 0 Å². The van der Waals surface area contributed by atoms with E-state index in [0.717, 1.165) is 28.9 Å². The van der Waals surface area contributed by atoms with Crippen molar-refractivity contribution in [1.82, 2.24) is 19.6 Å². The average molecular weight is 443 g/mol. The number of aromatic nitrogens is 2. The average Bonchev–Trinajstić information content (AvgIpc) is 3.49. The lowest BCUT2D eigenvalue weighted by atomic mass is 9.95. The Morgan fingerprint density at radius 2 is 1.73 bits per heavy atom. The minimum Gasteiger partial charge on any atom is -0.337 e. The second-order valence-electron chi connectivity index (χ2n) is 9.56. The van der Waals surface area contributed by atoms with Crippen LogP contribution in [0.4, 0.5) is 0 Å². The van der Waals surface area contributed by atoms with Crippen LogP contribution in [0.5, 0.6) is 0 Å². The summed E-state index contributed by atoms with van der Waals surface area (Å²) in [5, 5.41) is 4.74. The molecular weight excluding hydrogens is 412 g/mol. The molecule has 0 N–H and O–H groups in total. The van der Waals surface area contributed by atoms with Gasteiger partial charge in [-0.3, -0.25) is 9.59 Å². The normalized spacial score (nSPS) is 20.1. The van der Waals surface area contributed by atoms with Gasteiger partial charge in [-0.05, 0) is 50.5 Å². The van der Waals surface area contributed by atoms with Gasteiger partial charge in [-0.25, -0.2) is 4.68 Å². The Kier molecular flexibility index (Phi) is 5.31. The first kappa shape index (κ1) is 21.4. The number of fused-ring (bicyclic) bond motifs is 1. The molecule has 2 aliphatic heterocycles. The topological polar surface area (TPSA) is 58.4 Å². The smallest absolute Gasteiger partial charge is 0.273 e. The van der Waals surface area contributed by atoms with Gasteiger partial charge in [0.05, 0.1) is 23.5 Å². The fourth-order valence-corrected chi connectivity index (χ4v) is 5.32. The lowest BCUT2D eigenvalue weighted by Gasteiger charge is -2.33. The van der Waals surface area contributed by atoms with Gasteiger partial charge in [-0.15, -0.1) is 0 Å². The number of hydrogen-bond donors (Lipinski definition) is 0. The van der Waals surface area contributed by atoms with Crippen LogP contribution in [0.1, 0.15) is 64.0 Å². The van der Waals surface area contributed by atoms with Gasteiger partial charge in [0.15, 0.2) is 0 Å². The maximum absolute atomic E-state index is 13.9. The minimum atomic E-state index is -0.0376. The van der Waals surface area contributed by atoms with Crippen LogP contribution in [0, 0.1) is 19.8 Å². The second kappa shape index (κ2) is 8.18. The van der Waals surface area contributed by atoms with Crippen molar-refractivity contribution in [2.75, 3.05) is 13.1 Å². The number of benzene rings is 2. The Morgan fingerprint density at radius 3 is 2.39 bits per heavy atom. The molecule has 3 heterocycles. The molecule has 1 fully saturated rings. The van der Waals surface area contributed by atoms with Crippen molar-refractivity contribution >= 4 is 11.8 Å². The summed E-state index contributed by atoms with van der Waals surface area (Å²) < 4.78 is 1.80. The van der Waals surface area contributed by atoms with Gasteiger partial charge in [0, 0.05) is 24.2 Å². The molecule has 3 aromatic rings. The summed E-state index contributed by atoms with van der Waals surface area (Å²) in [7, 11) is 0. The van der Waals surface area contributed by atoms with Gasteiger partial charge in [0.1, 0.15) is 5.69 Å². The second-order valence-corrected chi connectivity index (χ2v) is 9.56. The van der Waals surface area contributed by atoms with E-state index < -0.39 is 0 Å². The van der Waals surface area contributed by atoms with Crippen LogP contribution in [-0.2, 0) is 0 Å². The molecule has 2 atom stereocenters. The maximum Gasteiger partial charge on any atom is 0.273 e. The van der Waals surface area contributed by atoms with E-state index in [2.05, 4.69) is 13.8 Å². The fourth-order valence-electron chi connectivity index (χ4n) is 5.32. The molecule has 1 aromatic heterocycles. The zero-order valence-electron chi connectivity index (χ0n) is 19.7. The fraction of sp³-hybridized carbons (Fsp3) is 0.370. The molecule has 6 nitrogen and oxygen atoms in total. The van der Waals surface area contributed by atoms with E-state index in [1.807, 2.05) is 78.2 Å². The van der Waals surface area contributed by atoms with Crippen LogP contribution in [0.15, 0.2) is 54.6 Å². The van der Waals surface area contributed by atoms with E-state index in [1.165, 1.54) is 0 Å². The van der Waals surface area contributed by atoms with Crippen LogP contribution in [0.3, 0.4) is 0 Å². The molecule has 0 radical (unpaired) electrons. The largest absolute Gasteiger partial charge is 0.337 e. The highest BCUT2D eigenvalue weighted by Gasteiger charge is 2.48. The molecular formula is C27H30N4O2. The van der Waals surface area contributed by atoms with Gasteiger partial charge < -0.3 is 9.80 Å². The first-order valence-electron chi connectivity index (χ1n) is 11.7. The molecule has 2 amide bonds. The van der Waals surface area contributed by atoms with Crippen LogP contribution in [0.25, 0.3) is 5.69 Å². The molecule has 1 saturated heterocycles. The molecule has 170 valence electrons. The lowest BCUT2D eigenvalue weighted by Crippen LogP contribution is -2.43. The van der Waals surface area contributed by atoms with Crippen LogP contribution >= 0.6 is 0 Å².